The average molecular weight is 273 g/mol. The van der Waals surface area contributed by atoms with E-state index in [2.05, 4.69) is 0 Å². The second-order valence-electron chi connectivity index (χ2n) is 2.81. The number of ether oxygens (including phenoxy) is 1. The lowest BCUT2D eigenvalue weighted by molar-refractivity contribution is -0.145. The first-order chi connectivity index (χ1) is 6.82. The molecule has 0 spiro atoms. The lowest BCUT2D eigenvalue weighted by Crippen LogP contribution is -2.14. The monoisotopic (exact) mass is 272 g/mol. The summed E-state index contributed by atoms with van der Waals surface area (Å²) in [6.45, 7) is 5.09. The van der Waals surface area contributed by atoms with E-state index in [4.69, 9.17) is 36.8 Å². The van der Waals surface area contributed by atoms with Crippen LogP contribution in [-0.4, -0.2) is 19.2 Å². The normalized spacial score (nSPS) is 16.0. The molecular weight excluding hydrogens is 259 g/mol. The summed E-state index contributed by atoms with van der Waals surface area (Å²) in [5.74, 6) is -3.53. The van der Waals surface area contributed by atoms with E-state index in [1.165, 1.54) is 13.2 Å². The van der Waals surface area contributed by atoms with E-state index in [-0.39, 0.29) is 11.9 Å². The van der Waals surface area contributed by atoms with Gasteiger partial charge in [0.15, 0.2) is 0 Å². The van der Waals surface area contributed by atoms with Crippen molar-refractivity contribution in [1.82, 2.24) is 0 Å². The molecule has 0 heterocycles. The summed E-state index contributed by atoms with van der Waals surface area (Å²) in [4.78, 5) is 11.4. The van der Waals surface area contributed by atoms with Crippen LogP contribution >= 0.6 is 17.1 Å². The molecule has 0 aromatic rings. The van der Waals surface area contributed by atoms with Gasteiger partial charge in [-0.1, -0.05) is 0 Å². The molecule has 1 unspecified atom stereocenters. The second-order valence-corrected chi connectivity index (χ2v) is 7.60. The van der Waals surface area contributed by atoms with Gasteiger partial charge in [0.2, 0.25) is 5.76 Å². The van der Waals surface area contributed by atoms with Crippen LogP contribution in [0.1, 0.15) is 20.8 Å². The van der Waals surface area contributed by atoms with Gasteiger partial charge >= 0.3 is 11.8 Å². The van der Waals surface area contributed by atoms with Crippen LogP contribution in [0.2, 0.25) is 0 Å². The Hall–Kier alpha value is -0.0900. The Balaban J connectivity index is 4.53. The molecule has 0 rings (SSSR count). The smallest absolute Gasteiger partial charge is 0.373 e. The van der Waals surface area contributed by atoms with Crippen LogP contribution < -0.4 is 0 Å². The maximum absolute atomic E-state index is 11.4. The molecule has 0 N–H and O–H groups in total. The van der Waals surface area contributed by atoms with Gasteiger partial charge in [-0.05, 0) is 49.9 Å². The average Bonchev–Trinajstić information content (AvgIpc) is 2.13. The van der Waals surface area contributed by atoms with E-state index in [9.17, 15) is 4.79 Å². The largest absolute Gasteiger partial charge is 0.457 e. The van der Waals surface area contributed by atoms with Crippen molar-refractivity contribution >= 4 is 34.9 Å². The van der Waals surface area contributed by atoms with E-state index in [0.29, 0.717) is 0 Å². The zero-order valence-electron chi connectivity index (χ0n) is 9.02. The molecule has 0 aromatic heterocycles. The molecule has 0 aliphatic heterocycles. The van der Waals surface area contributed by atoms with Crippen LogP contribution in [0, 0.1) is 0 Å². The molecule has 1 atom stereocenters. The molecule has 0 radical (unpaired) electrons. The fourth-order valence-corrected chi connectivity index (χ4v) is 1.59. The highest BCUT2D eigenvalue weighted by Gasteiger charge is 2.22. The van der Waals surface area contributed by atoms with Gasteiger partial charge in [0.25, 0.3) is 0 Å². The highest BCUT2D eigenvalue weighted by Crippen LogP contribution is 2.54. The molecule has 0 saturated heterocycles. The maximum atomic E-state index is 11.4. The van der Waals surface area contributed by atoms with Gasteiger partial charge in [-0.15, -0.1) is 0 Å². The topological polar surface area (TPSA) is 44.8 Å². The molecule has 15 heavy (non-hydrogen) atoms. The fourth-order valence-electron chi connectivity index (χ4n) is 0.635. The summed E-state index contributed by atoms with van der Waals surface area (Å²) in [6.07, 6.45) is 1.21. The standard InChI is InChI=1S/C8H14ClO4PS/c1-5-7(8(10)12-6(2)3)13-14(9,15)11-4/h5-6H,1-4H3. The molecule has 0 amide bonds. The summed E-state index contributed by atoms with van der Waals surface area (Å²) in [5.41, 5.74) is 0. The predicted octanol–water partition coefficient (Wildman–Crippen LogP) is 2.97. The highest BCUT2D eigenvalue weighted by molar-refractivity contribution is 8.22. The third-order valence-corrected chi connectivity index (χ3v) is 3.37. The van der Waals surface area contributed by atoms with Crippen molar-refractivity contribution in [3.05, 3.63) is 11.8 Å². The van der Waals surface area contributed by atoms with E-state index in [0.717, 1.165) is 0 Å². The predicted molar refractivity (Wildman–Crippen MR) is 63.2 cm³/mol. The van der Waals surface area contributed by atoms with E-state index in [1.807, 2.05) is 0 Å². The van der Waals surface area contributed by atoms with Crippen molar-refractivity contribution in [2.45, 2.75) is 26.9 Å². The molecule has 88 valence electrons. The van der Waals surface area contributed by atoms with Crippen LogP contribution in [0.3, 0.4) is 0 Å². The first-order valence-corrected chi connectivity index (χ1v) is 7.79. The molecule has 0 aliphatic rings. The van der Waals surface area contributed by atoms with Crippen LogP contribution in [0.25, 0.3) is 0 Å². The minimum Gasteiger partial charge on any atom is -0.457 e. The summed E-state index contributed by atoms with van der Waals surface area (Å²) < 4.78 is 14.7. The number of carbonyl (C=O) groups is 1. The van der Waals surface area contributed by atoms with Gasteiger partial charge in [-0.2, -0.15) is 0 Å². The van der Waals surface area contributed by atoms with Crippen molar-refractivity contribution < 1.29 is 18.6 Å². The number of esters is 1. The fraction of sp³-hybridized carbons (Fsp3) is 0.625. The molecular formula is C8H14ClO4PS. The van der Waals surface area contributed by atoms with E-state index < -0.39 is 11.8 Å². The summed E-state index contributed by atoms with van der Waals surface area (Å²) in [6, 6.07) is 0. The van der Waals surface area contributed by atoms with Crippen molar-refractivity contribution in [2.24, 2.45) is 0 Å². The number of rotatable bonds is 5. The molecule has 0 aromatic carbocycles. The number of hydrogen-bond acceptors (Lipinski definition) is 5. The maximum Gasteiger partial charge on any atom is 0.373 e. The lowest BCUT2D eigenvalue weighted by atomic mass is 10.4. The van der Waals surface area contributed by atoms with E-state index in [1.54, 1.807) is 20.8 Å². The number of carbonyl (C=O) groups excluding carboxylic acids is 1. The SMILES string of the molecule is CC=C(OP(=S)(Cl)OC)C(=O)OC(C)C. The van der Waals surface area contributed by atoms with Crippen molar-refractivity contribution in [3.8, 4) is 0 Å². The Morgan fingerprint density at radius 2 is 2.07 bits per heavy atom. The Bertz CT molecular complexity index is 303. The minimum atomic E-state index is -2.91. The zero-order chi connectivity index (χ0) is 12.1. The van der Waals surface area contributed by atoms with Crippen LogP contribution in [0.5, 0.6) is 0 Å². The number of allylic oxidation sites excluding steroid dienone is 1. The molecule has 4 nitrogen and oxygen atoms in total. The molecule has 0 aliphatic carbocycles. The molecule has 7 heteroatoms. The highest BCUT2D eigenvalue weighted by atomic mass is 35.7. The van der Waals surface area contributed by atoms with Crippen molar-refractivity contribution in [2.75, 3.05) is 7.11 Å². The summed E-state index contributed by atoms with van der Waals surface area (Å²) in [7, 11) is 1.33. The first kappa shape index (κ1) is 14.9. The Morgan fingerprint density at radius 1 is 1.53 bits per heavy atom. The third kappa shape index (κ3) is 6.15. The van der Waals surface area contributed by atoms with Gasteiger partial charge in [0.05, 0.1) is 6.10 Å². The molecule has 0 bridgehead atoms. The Kier molecular flexibility index (Phi) is 6.44. The van der Waals surface area contributed by atoms with Crippen LogP contribution in [0.4, 0.5) is 0 Å². The first-order valence-electron chi connectivity index (χ1n) is 4.24. The number of hydrogen-bond donors (Lipinski definition) is 0. The van der Waals surface area contributed by atoms with Gasteiger partial charge in [-0.25, -0.2) is 4.79 Å². The van der Waals surface area contributed by atoms with Crippen LogP contribution in [0.15, 0.2) is 11.8 Å². The van der Waals surface area contributed by atoms with Gasteiger partial charge < -0.3 is 13.8 Å². The quantitative estimate of drug-likeness (QED) is 0.333. The van der Waals surface area contributed by atoms with Crippen LogP contribution in [-0.2, 0) is 30.4 Å². The van der Waals surface area contributed by atoms with Crippen molar-refractivity contribution in [1.29, 1.82) is 0 Å². The van der Waals surface area contributed by atoms with Gasteiger partial charge in [-0.3, -0.25) is 0 Å². The Morgan fingerprint density at radius 3 is 2.40 bits per heavy atom. The van der Waals surface area contributed by atoms with Crippen molar-refractivity contribution in [3.63, 3.8) is 0 Å². The molecule has 0 saturated carbocycles. The minimum absolute atomic E-state index is 0.0242. The lowest BCUT2D eigenvalue weighted by Gasteiger charge is -2.16. The van der Waals surface area contributed by atoms with Gasteiger partial charge in [0.1, 0.15) is 0 Å². The third-order valence-electron chi connectivity index (χ3n) is 1.23. The Labute approximate surface area is 99.5 Å². The molecule has 0 fully saturated rings. The summed E-state index contributed by atoms with van der Waals surface area (Å²) in [5, 5.41) is 0. The zero-order valence-corrected chi connectivity index (χ0v) is 11.5. The second kappa shape index (κ2) is 6.48. The number of halogens is 1. The van der Waals surface area contributed by atoms with Gasteiger partial charge in [0, 0.05) is 7.11 Å². The van der Waals surface area contributed by atoms with E-state index >= 15 is 0 Å². The summed E-state index contributed by atoms with van der Waals surface area (Å²) >= 11 is 10.5.